The maximum absolute atomic E-state index is 12.5. The largest absolute Gasteiger partial charge is 0.478 e. The summed E-state index contributed by atoms with van der Waals surface area (Å²) in [5, 5.41) is 2.92. The molecule has 1 N–H and O–H groups in total. The average Bonchev–Trinajstić information content (AvgIpc) is 3.27. The number of aryl methyl sites for hydroxylation is 1. The third-order valence-corrected chi connectivity index (χ3v) is 3.82. The van der Waals surface area contributed by atoms with E-state index < -0.39 is 5.60 Å². The van der Waals surface area contributed by atoms with Crippen molar-refractivity contribution in [1.29, 1.82) is 0 Å². The molecule has 0 radical (unpaired) electrons. The molecule has 0 bridgehead atoms. The highest BCUT2D eigenvalue weighted by Gasteiger charge is 2.48. The average molecular weight is 292 g/mol. The van der Waals surface area contributed by atoms with Gasteiger partial charge in [0.15, 0.2) is 0 Å². The number of amides is 1. The molecule has 1 aliphatic rings. The van der Waals surface area contributed by atoms with Crippen molar-refractivity contribution in [2.75, 3.05) is 18.5 Å². The van der Waals surface area contributed by atoms with Crippen LogP contribution in [0.5, 0.6) is 5.88 Å². The number of carbonyl (C=O) groups excluding carboxylic acids is 1. The van der Waals surface area contributed by atoms with Gasteiger partial charge >= 0.3 is 0 Å². The van der Waals surface area contributed by atoms with E-state index in [-0.39, 0.29) is 5.91 Å². The molecule has 0 saturated heterocycles. The lowest BCUT2D eigenvalue weighted by molar-refractivity contribution is -0.141. The number of anilines is 1. The van der Waals surface area contributed by atoms with E-state index in [1.807, 2.05) is 33.8 Å². The van der Waals surface area contributed by atoms with Crippen LogP contribution in [0.1, 0.15) is 39.2 Å². The Morgan fingerprint density at radius 1 is 1.43 bits per heavy atom. The number of aromatic nitrogens is 1. The Morgan fingerprint density at radius 3 is 2.67 bits per heavy atom. The van der Waals surface area contributed by atoms with Gasteiger partial charge in [0.1, 0.15) is 5.60 Å². The summed E-state index contributed by atoms with van der Waals surface area (Å²) >= 11 is 0. The van der Waals surface area contributed by atoms with Crippen LogP contribution in [-0.4, -0.2) is 29.7 Å². The summed E-state index contributed by atoms with van der Waals surface area (Å²) < 4.78 is 11.1. The SMILES string of the molecule is CCOc1ncc(NC(=O)[C@@](C)(OCC)C2CC2)cc1C. The summed E-state index contributed by atoms with van der Waals surface area (Å²) in [5.74, 6) is 0.816. The topological polar surface area (TPSA) is 60.5 Å². The van der Waals surface area contributed by atoms with Crippen molar-refractivity contribution in [2.45, 2.75) is 46.1 Å². The molecule has 21 heavy (non-hydrogen) atoms. The van der Waals surface area contributed by atoms with E-state index in [4.69, 9.17) is 9.47 Å². The van der Waals surface area contributed by atoms with Crippen molar-refractivity contribution in [2.24, 2.45) is 5.92 Å². The molecule has 1 aromatic heterocycles. The molecule has 1 heterocycles. The van der Waals surface area contributed by atoms with Crippen LogP contribution in [0.15, 0.2) is 12.3 Å². The number of nitrogens with zero attached hydrogens (tertiary/aromatic N) is 1. The molecule has 5 nitrogen and oxygen atoms in total. The first kappa shape index (κ1) is 15.8. The molecule has 1 aromatic rings. The predicted octanol–water partition coefficient (Wildman–Crippen LogP) is 2.93. The molecule has 116 valence electrons. The van der Waals surface area contributed by atoms with E-state index in [9.17, 15) is 4.79 Å². The lowest BCUT2D eigenvalue weighted by Gasteiger charge is -2.28. The normalized spacial score (nSPS) is 17.1. The molecular formula is C16H24N2O3. The van der Waals surface area contributed by atoms with Gasteiger partial charge in [-0.05, 0) is 52.5 Å². The summed E-state index contributed by atoms with van der Waals surface area (Å²) in [6, 6.07) is 1.87. The number of carbonyl (C=O) groups is 1. The van der Waals surface area contributed by atoms with Gasteiger partial charge in [0.05, 0.1) is 18.5 Å². The van der Waals surface area contributed by atoms with Gasteiger partial charge < -0.3 is 14.8 Å². The molecule has 1 amide bonds. The summed E-state index contributed by atoms with van der Waals surface area (Å²) in [6.45, 7) is 8.72. The van der Waals surface area contributed by atoms with Gasteiger partial charge in [-0.25, -0.2) is 4.98 Å². The minimum Gasteiger partial charge on any atom is -0.478 e. The zero-order valence-corrected chi connectivity index (χ0v) is 13.2. The van der Waals surface area contributed by atoms with E-state index >= 15 is 0 Å². The fraction of sp³-hybridized carbons (Fsp3) is 0.625. The van der Waals surface area contributed by atoms with Crippen molar-refractivity contribution in [3.8, 4) is 5.88 Å². The molecule has 0 aliphatic heterocycles. The fourth-order valence-electron chi connectivity index (χ4n) is 2.48. The maximum atomic E-state index is 12.5. The van der Waals surface area contributed by atoms with Crippen molar-refractivity contribution in [3.63, 3.8) is 0 Å². The number of hydrogen-bond acceptors (Lipinski definition) is 4. The van der Waals surface area contributed by atoms with Crippen molar-refractivity contribution >= 4 is 11.6 Å². The maximum Gasteiger partial charge on any atom is 0.256 e. The van der Waals surface area contributed by atoms with Crippen LogP contribution in [0.3, 0.4) is 0 Å². The zero-order valence-electron chi connectivity index (χ0n) is 13.2. The van der Waals surface area contributed by atoms with Crippen molar-refractivity contribution in [3.05, 3.63) is 17.8 Å². The minimum atomic E-state index is -0.749. The Morgan fingerprint density at radius 2 is 2.14 bits per heavy atom. The monoisotopic (exact) mass is 292 g/mol. The van der Waals surface area contributed by atoms with E-state index in [1.54, 1.807) is 6.20 Å². The molecule has 1 atom stereocenters. The number of rotatable bonds is 7. The Kier molecular flexibility index (Phi) is 4.83. The van der Waals surface area contributed by atoms with Gasteiger partial charge in [-0.15, -0.1) is 0 Å². The van der Waals surface area contributed by atoms with Crippen LogP contribution in [0.4, 0.5) is 5.69 Å². The Labute approximate surface area is 126 Å². The molecule has 1 fully saturated rings. The highest BCUT2D eigenvalue weighted by atomic mass is 16.5. The van der Waals surface area contributed by atoms with Gasteiger partial charge in [0.25, 0.3) is 5.91 Å². The molecule has 0 unspecified atom stereocenters. The van der Waals surface area contributed by atoms with E-state index in [0.717, 1.165) is 18.4 Å². The summed E-state index contributed by atoms with van der Waals surface area (Å²) in [7, 11) is 0. The number of hydrogen-bond donors (Lipinski definition) is 1. The smallest absolute Gasteiger partial charge is 0.256 e. The van der Waals surface area contributed by atoms with Crippen LogP contribution in [0, 0.1) is 12.8 Å². The second-order valence-electron chi connectivity index (χ2n) is 5.55. The molecule has 5 heteroatoms. The van der Waals surface area contributed by atoms with Crippen LogP contribution in [-0.2, 0) is 9.53 Å². The Hall–Kier alpha value is -1.62. The van der Waals surface area contributed by atoms with E-state index in [0.29, 0.717) is 30.7 Å². The number of pyridine rings is 1. The fourth-order valence-corrected chi connectivity index (χ4v) is 2.48. The van der Waals surface area contributed by atoms with Crippen molar-refractivity contribution in [1.82, 2.24) is 4.98 Å². The predicted molar refractivity (Wildman–Crippen MR) is 81.5 cm³/mol. The number of nitrogens with one attached hydrogen (secondary N) is 1. The van der Waals surface area contributed by atoms with Gasteiger partial charge in [-0.1, -0.05) is 0 Å². The first-order chi connectivity index (χ1) is 10.0. The van der Waals surface area contributed by atoms with Crippen LogP contribution < -0.4 is 10.1 Å². The quantitative estimate of drug-likeness (QED) is 0.839. The first-order valence-electron chi connectivity index (χ1n) is 7.56. The molecule has 1 aliphatic carbocycles. The van der Waals surface area contributed by atoms with Crippen molar-refractivity contribution < 1.29 is 14.3 Å². The molecular weight excluding hydrogens is 268 g/mol. The Bertz CT molecular complexity index is 514. The van der Waals surface area contributed by atoms with Gasteiger partial charge in [-0.3, -0.25) is 4.79 Å². The van der Waals surface area contributed by atoms with E-state index in [1.165, 1.54) is 0 Å². The summed E-state index contributed by atoms with van der Waals surface area (Å²) in [6.07, 6.45) is 3.71. The second kappa shape index (κ2) is 6.43. The molecule has 1 saturated carbocycles. The minimum absolute atomic E-state index is 0.0998. The summed E-state index contributed by atoms with van der Waals surface area (Å²) in [4.78, 5) is 16.8. The van der Waals surface area contributed by atoms with Crippen LogP contribution >= 0.6 is 0 Å². The second-order valence-corrected chi connectivity index (χ2v) is 5.55. The molecule has 0 spiro atoms. The standard InChI is InChI=1S/C16H24N2O3/c1-5-20-14-11(3)9-13(10-17-14)18-15(19)16(4,21-6-2)12-7-8-12/h9-10,12H,5-8H2,1-4H3,(H,18,19)/t16-/m0/s1. The Balaban J connectivity index is 2.09. The highest BCUT2D eigenvalue weighted by molar-refractivity contribution is 5.97. The van der Waals surface area contributed by atoms with Gasteiger partial charge in [0.2, 0.25) is 5.88 Å². The lowest BCUT2D eigenvalue weighted by atomic mass is 9.99. The lowest BCUT2D eigenvalue weighted by Crippen LogP contribution is -2.44. The third-order valence-electron chi connectivity index (χ3n) is 3.82. The molecule has 0 aromatic carbocycles. The number of ether oxygens (including phenoxy) is 2. The van der Waals surface area contributed by atoms with Crippen LogP contribution in [0.2, 0.25) is 0 Å². The zero-order chi connectivity index (χ0) is 15.5. The van der Waals surface area contributed by atoms with Gasteiger partial charge in [-0.2, -0.15) is 0 Å². The summed E-state index contributed by atoms with van der Waals surface area (Å²) in [5.41, 5.74) is 0.827. The highest BCUT2D eigenvalue weighted by Crippen LogP contribution is 2.42. The van der Waals surface area contributed by atoms with Gasteiger partial charge in [0, 0.05) is 12.2 Å². The first-order valence-corrected chi connectivity index (χ1v) is 7.56. The third kappa shape index (κ3) is 3.53. The molecule has 2 rings (SSSR count). The van der Waals surface area contributed by atoms with Crippen LogP contribution in [0.25, 0.3) is 0 Å². The van der Waals surface area contributed by atoms with E-state index in [2.05, 4.69) is 10.3 Å².